The Hall–Kier alpha value is 1.99. The third-order valence-corrected chi connectivity index (χ3v) is 37.4. The van der Waals surface area contributed by atoms with E-state index in [-0.39, 0.29) is 8.80 Å². The predicted molar refractivity (Wildman–Crippen MR) is 218 cm³/mol. The molecule has 0 aliphatic rings. The van der Waals surface area contributed by atoms with Crippen LogP contribution in [-0.4, -0.2) is 94.6 Å². The van der Waals surface area contributed by atoms with Gasteiger partial charge in [-0.05, 0) is 137 Å². The molecule has 0 aliphatic heterocycles. The molecule has 0 aromatic rings. The Balaban J connectivity index is 0. The van der Waals surface area contributed by atoms with Gasteiger partial charge < -0.3 is 32.9 Å². The molecular weight excluding hydrogens is 757 g/mol. The van der Waals surface area contributed by atoms with E-state index < -0.39 is 85.8 Å². The molecule has 0 aromatic carbocycles. The zero-order valence-electron chi connectivity index (χ0n) is 33.7. The molecule has 0 atom stereocenters. The Labute approximate surface area is 292 Å². The van der Waals surface area contributed by atoms with E-state index in [0.29, 0.717) is 0 Å². The molecule has 21 heteroatoms. The maximum atomic E-state index is 6.71. The van der Waals surface area contributed by atoms with Gasteiger partial charge in [-0.15, -0.1) is 0 Å². The van der Waals surface area contributed by atoms with E-state index in [9.17, 15) is 0 Å². The van der Waals surface area contributed by atoms with Crippen molar-refractivity contribution in [2.75, 3.05) is 0 Å². The van der Waals surface area contributed by atoms with E-state index in [1.165, 1.54) is 0 Å². The van der Waals surface area contributed by atoms with E-state index >= 15 is 0 Å². The summed E-state index contributed by atoms with van der Waals surface area (Å²) in [5, 5.41) is 0. The van der Waals surface area contributed by atoms with Gasteiger partial charge in [-0.1, -0.05) is 19.6 Å². The van der Waals surface area contributed by atoms with Crippen LogP contribution in [0.2, 0.25) is 157 Å². The van der Waals surface area contributed by atoms with Crippen molar-refractivity contribution in [3.8, 4) is 0 Å². The van der Waals surface area contributed by atoms with Gasteiger partial charge in [-0.2, -0.15) is 0 Å². The second-order valence-corrected chi connectivity index (χ2v) is 56.3. The molecule has 0 bridgehead atoms. The molecule has 0 rings (SSSR count). The van der Waals surface area contributed by atoms with Gasteiger partial charge in [-0.25, -0.2) is 0 Å². The fourth-order valence-corrected chi connectivity index (χ4v) is 48.6. The van der Waals surface area contributed by atoms with Crippen molar-refractivity contribution in [2.24, 2.45) is 0 Å². The summed E-state index contributed by atoms with van der Waals surface area (Å²) in [7, 11) is -23.6. The van der Waals surface area contributed by atoms with E-state index in [4.69, 9.17) is 42.1 Å². The Morgan fingerprint density at radius 1 is 0.289 bits per heavy atom. The summed E-state index contributed by atoms with van der Waals surface area (Å²) in [6.45, 7) is 50.4. The first-order chi connectivity index (χ1) is 19.3. The Bertz CT molecular complexity index is 876. The van der Waals surface area contributed by atoms with Gasteiger partial charge in [-0.3, -0.25) is 9.15 Å². The third kappa shape index (κ3) is 28.4. The molecule has 0 saturated heterocycles. The molecule has 274 valence electrons. The van der Waals surface area contributed by atoms with Gasteiger partial charge >= 0.3 is 68.5 Å². The second kappa shape index (κ2) is 18.0. The molecule has 0 saturated carbocycles. The highest BCUT2D eigenvalue weighted by Gasteiger charge is 2.50. The summed E-state index contributed by atoms with van der Waals surface area (Å²) >= 11 is 0. The highest BCUT2D eigenvalue weighted by molar-refractivity contribution is 6.92. The zero-order chi connectivity index (χ0) is 36.7. The van der Waals surface area contributed by atoms with Crippen LogP contribution in [0.15, 0.2) is 0 Å². The first kappa shape index (κ1) is 49.1. The summed E-state index contributed by atoms with van der Waals surface area (Å²) < 4.78 is 64.0. The number of hydrogen-bond donors (Lipinski definition) is 0. The van der Waals surface area contributed by atoms with Crippen LogP contribution in [0, 0.1) is 0 Å². The van der Waals surface area contributed by atoms with Crippen molar-refractivity contribution >= 4 is 94.6 Å². The topological polar surface area (TPSA) is 92.3 Å². The fourth-order valence-electron chi connectivity index (χ4n) is 5.10. The monoisotopic (exact) mass is 830 g/mol. The normalized spacial score (nSPS) is 15.1. The van der Waals surface area contributed by atoms with E-state index in [1.54, 1.807) is 0 Å². The number of rotatable bonds is 19. The molecule has 0 heterocycles. The standard InChI is InChI=1S/C21H64O10Si10.C3H10Si/c1-32(2)24-35(8,9)26-37(12,13)28-39(16,17)30-41(20,21)31-40(18,19)29-38(14,15)27-36(10,11)25-34(6,7)23-22-33(3,4)5;1-4(2)3/h32H,1-21H3;4H,1-3H3. The second-order valence-electron chi connectivity index (χ2n) is 17.1. The fraction of sp³-hybridized carbons (Fsp3) is 1.00. The van der Waals surface area contributed by atoms with Crippen LogP contribution in [0.3, 0.4) is 0 Å². The lowest BCUT2D eigenvalue weighted by Crippen LogP contribution is -2.61. The highest BCUT2D eigenvalue weighted by atomic mass is 28.5. The van der Waals surface area contributed by atoms with Gasteiger partial charge in [0.2, 0.25) is 8.32 Å². The van der Waals surface area contributed by atoms with Crippen LogP contribution < -0.4 is 0 Å². The SMILES string of the molecule is C[SiH](C)C.C[SiH](C)O[Si](C)(C)O[Si](C)(C)O[Si](C)(C)O[Si](C)(C)O[Si](C)(C)O[Si](C)(C)O[Si](C)(C)O[Si](C)(C)OO[Si](C)(C)C. The molecule has 0 N–H and O–H groups in total. The average Bonchev–Trinajstić information content (AvgIpc) is 2.56. The molecule has 10 nitrogen and oxygen atoms in total. The van der Waals surface area contributed by atoms with Crippen molar-refractivity contribution in [3.63, 3.8) is 0 Å². The van der Waals surface area contributed by atoms with Crippen LogP contribution in [0.5, 0.6) is 0 Å². The Morgan fingerprint density at radius 2 is 0.489 bits per heavy atom. The molecular formula is C24H74O10Si11. The summed E-state index contributed by atoms with van der Waals surface area (Å²) in [6.07, 6.45) is 0. The van der Waals surface area contributed by atoms with Crippen LogP contribution in [0.25, 0.3) is 0 Å². The van der Waals surface area contributed by atoms with Crippen molar-refractivity contribution in [2.45, 2.75) is 157 Å². The lowest BCUT2D eigenvalue weighted by atomic mass is 11.8. The van der Waals surface area contributed by atoms with Gasteiger partial charge in [0.25, 0.3) is 0 Å². The molecule has 0 radical (unpaired) electrons. The largest absolute Gasteiger partial charge is 0.440 e. The molecule has 0 unspecified atom stereocenters. The highest BCUT2D eigenvalue weighted by Crippen LogP contribution is 2.29. The summed E-state index contributed by atoms with van der Waals surface area (Å²) in [5.41, 5.74) is 0. The maximum Gasteiger partial charge on any atom is 0.358 e. The molecule has 0 aliphatic carbocycles. The Kier molecular flexibility index (Phi) is 19.6. The molecule has 0 aromatic heterocycles. The minimum atomic E-state index is -2.65. The predicted octanol–water partition coefficient (Wildman–Crippen LogP) is 8.60. The van der Waals surface area contributed by atoms with Crippen molar-refractivity contribution in [3.05, 3.63) is 0 Å². The van der Waals surface area contributed by atoms with Crippen molar-refractivity contribution in [1.82, 2.24) is 0 Å². The van der Waals surface area contributed by atoms with E-state index in [0.717, 1.165) is 0 Å². The smallest absolute Gasteiger partial charge is 0.358 e. The quantitative estimate of drug-likeness (QED) is 0.0717. The molecule has 0 spiro atoms. The first-order valence-electron chi connectivity index (χ1n) is 16.3. The summed E-state index contributed by atoms with van der Waals surface area (Å²) in [4.78, 5) is 0. The molecule has 0 amide bonds. The van der Waals surface area contributed by atoms with Gasteiger partial charge in [0, 0.05) is 8.80 Å². The van der Waals surface area contributed by atoms with Crippen molar-refractivity contribution < 1.29 is 42.1 Å². The lowest BCUT2D eigenvalue weighted by Gasteiger charge is -2.44. The van der Waals surface area contributed by atoms with Crippen molar-refractivity contribution in [1.29, 1.82) is 0 Å². The zero-order valence-corrected chi connectivity index (χ0v) is 45.0. The summed E-state index contributed by atoms with van der Waals surface area (Å²) in [5.74, 6) is 0. The minimum absolute atomic E-state index is 0.139. The molecule has 0 fully saturated rings. The average molecular weight is 832 g/mol. The minimum Gasteiger partial charge on any atom is -0.440 e. The van der Waals surface area contributed by atoms with E-state index in [2.05, 4.69) is 118 Å². The van der Waals surface area contributed by atoms with Gasteiger partial charge in [0.1, 0.15) is 0 Å². The Morgan fingerprint density at radius 3 is 0.689 bits per heavy atom. The molecule has 45 heavy (non-hydrogen) atoms. The number of hydrogen-bond acceptors (Lipinski definition) is 10. The van der Waals surface area contributed by atoms with Crippen LogP contribution in [0.4, 0.5) is 0 Å². The first-order valence-corrected chi connectivity index (χ1v) is 48.4. The summed E-state index contributed by atoms with van der Waals surface area (Å²) in [6, 6.07) is 0. The third-order valence-electron chi connectivity index (χ3n) is 4.45. The van der Waals surface area contributed by atoms with Gasteiger partial charge in [0.05, 0.1) is 0 Å². The van der Waals surface area contributed by atoms with Crippen LogP contribution in [-0.2, 0) is 42.1 Å². The maximum absolute atomic E-state index is 6.71. The van der Waals surface area contributed by atoms with Crippen LogP contribution >= 0.6 is 0 Å². The lowest BCUT2D eigenvalue weighted by molar-refractivity contribution is -0.138. The van der Waals surface area contributed by atoms with Gasteiger partial charge in [0.15, 0.2) is 9.04 Å². The van der Waals surface area contributed by atoms with E-state index in [1.807, 2.05) is 39.3 Å². The van der Waals surface area contributed by atoms with Crippen LogP contribution in [0.1, 0.15) is 0 Å².